The molecule has 0 atom stereocenters. The molecule has 0 spiro atoms. The molecule has 18 heavy (non-hydrogen) atoms. The smallest absolute Gasteiger partial charge is 0.141 e. The van der Waals surface area contributed by atoms with Gasteiger partial charge >= 0.3 is 0 Å². The Labute approximate surface area is 119 Å². The summed E-state index contributed by atoms with van der Waals surface area (Å²) in [5.41, 5.74) is 1.94. The zero-order valence-corrected chi connectivity index (χ0v) is 11.6. The highest BCUT2D eigenvalue weighted by atomic mass is 127. The lowest BCUT2D eigenvalue weighted by Crippen LogP contribution is -2.00. The molecule has 0 heterocycles. The molecule has 0 saturated carbocycles. The molecule has 1 N–H and O–H groups in total. The first-order valence-corrected chi connectivity index (χ1v) is 6.45. The second kappa shape index (κ2) is 5.83. The minimum Gasteiger partial charge on any atom is -0.381 e. The Morgan fingerprint density at radius 2 is 1.89 bits per heavy atom. The van der Waals surface area contributed by atoms with E-state index in [0.29, 0.717) is 6.54 Å². The van der Waals surface area contributed by atoms with E-state index in [-0.39, 0.29) is 5.56 Å². The molecule has 2 rings (SSSR count). The van der Waals surface area contributed by atoms with Crippen LogP contribution in [0.2, 0.25) is 0 Å². The number of nitrogens with zero attached hydrogens (tertiary/aromatic N) is 1. The van der Waals surface area contributed by atoms with Gasteiger partial charge < -0.3 is 5.32 Å². The number of hydrogen-bond acceptors (Lipinski definition) is 2. The van der Waals surface area contributed by atoms with E-state index in [4.69, 9.17) is 5.26 Å². The van der Waals surface area contributed by atoms with Crippen LogP contribution in [0, 0.1) is 20.7 Å². The van der Waals surface area contributed by atoms with Gasteiger partial charge in [0.1, 0.15) is 11.9 Å². The summed E-state index contributed by atoms with van der Waals surface area (Å²) in [4.78, 5) is 0. The number of anilines is 1. The number of nitriles is 1. The number of nitrogens with one attached hydrogen (secondary N) is 1. The molecule has 0 aliphatic carbocycles. The molecule has 0 amide bonds. The second-order valence-electron chi connectivity index (χ2n) is 3.79. The van der Waals surface area contributed by atoms with E-state index < -0.39 is 5.82 Å². The Bertz CT molecular complexity index is 588. The van der Waals surface area contributed by atoms with Crippen LogP contribution < -0.4 is 5.32 Å². The van der Waals surface area contributed by atoms with Crippen molar-refractivity contribution in [2.75, 3.05) is 5.32 Å². The van der Waals surface area contributed by atoms with Gasteiger partial charge in [-0.3, -0.25) is 0 Å². The van der Waals surface area contributed by atoms with Crippen LogP contribution >= 0.6 is 22.6 Å². The van der Waals surface area contributed by atoms with Gasteiger partial charge in [-0.2, -0.15) is 5.26 Å². The van der Waals surface area contributed by atoms with E-state index in [1.54, 1.807) is 6.07 Å². The van der Waals surface area contributed by atoms with Crippen LogP contribution in [0.15, 0.2) is 42.5 Å². The molecule has 0 aliphatic rings. The van der Waals surface area contributed by atoms with Gasteiger partial charge in [0.2, 0.25) is 0 Å². The van der Waals surface area contributed by atoms with Crippen LogP contribution in [-0.4, -0.2) is 0 Å². The normalized spacial score (nSPS) is 9.83. The Morgan fingerprint density at radius 1 is 1.17 bits per heavy atom. The zero-order chi connectivity index (χ0) is 13.0. The third kappa shape index (κ3) is 3.20. The molecule has 2 aromatic rings. The maximum absolute atomic E-state index is 13.1. The highest BCUT2D eigenvalue weighted by Crippen LogP contribution is 2.15. The minimum absolute atomic E-state index is 0.0580. The summed E-state index contributed by atoms with van der Waals surface area (Å²) in [7, 11) is 0. The molecule has 0 aromatic heterocycles. The van der Waals surface area contributed by atoms with Crippen LogP contribution in [0.1, 0.15) is 11.1 Å². The first-order valence-electron chi connectivity index (χ1n) is 5.37. The molecule has 4 heteroatoms. The van der Waals surface area contributed by atoms with Gasteiger partial charge in [-0.1, -0.05) is 12.1 Å². The lowest BCUT2D eigenvalue weighted by Gasteiger charge is -2.07. The molecule has 0 radical (unpaired) electrons. The monoisotopic (exact) mass is 352 g/mol. The van der Waals surface area contributed by atoms with Crippen molar-refractivity contribution in [3.8, 4) is 6.07 Å². The summed E-state index contributed by atoms with van der Waals surface area (Å²) >= 11 is 2.25. The van der Waals surface area contributed by atoms with Crippen LogP contribution in [0.4, 0.5) is 10.1 Å². The van der Waals surface area contributed by atoms with Gasteiger partial charge in [-0.15, -0.1) is 0 Å². The largest absolute Gasteiger partial charge is 0.381 e. The Hall–Kier alpha value is -1.61. The topological polar surface area (TPSA) is 35.8 Å². The molecule has 0 unspecified atom stereocenters. The van der Waals surface area contributed by atoms with Gasteiger partial charge in [-0.25, -0.2) is 4.39 Å². The third-order valence-electron chi connectivity index (χ3n) is 2.50. The Balaban J connectivity index is 2.06. The van der Waals surface area contributed by atoms with Crippen molar-refractivity contribution < 1.29 is 4.39 Å². The molecule has 0 aliphatic heterocycles. The van der Waals surface area contributed by atoms with E-state index >= 15 is 0 Å². The summed E-state index contributed by atoms with van der Waals surface area (Å²) in [5, 5.41) is 11.9. The maximum Gasteiger partial charge on any atom is 0.141 e. The number of hydrogen-bond donors (Lipinski definition) is 1. The summed E-state index contributed by atoms with van der Waals surface area (Å²) in [6, 6.07) is 14.4. The van der Waals surface area contributed by atoms with E-state index in [9.17, 15) is 4.39 Å². The van der Waals surface area contributed by atoms with Gasteiger partial charge in [0.25, 0.3) is 0 Å². The molecule has 0 saturated heterocycles. The Morgan fingerprint density at radius 3 is 2.56 bits per heavy atom. The van der Waals surface area contributed by atoms with Gasteiger partial charge in [0.05, 0.1) is 5.56 Å². The predicted octanol–water partition coefficient (Wildman–Crippen LogP) is 3.91. The minimum atomic E-state index is -0.489. The van der Waals surface area contributed by atoms with Crippen molar-refractivity contribution in [2.24, 2.45) is 0 Å². The van der Waals surface area contributed by atoms with Crippen molar-refractivity contribution in [1.82, 2.24) is 0 Å². The van der Waals surface area contributed by atoms with Crippen molar-refractivity contribution >= 4 is 28.3 Å². The SMILES string of the molecule is N#Cc1cc(NCc2ccc(I)cc2)ccc1F. The van der Waals surface area contributed by atoms with E-state index in [0.717, 1.165) is 11.3 Å². The highest BCUT2D eigenvalue weighted by Gasteiger charge is 2.02. The van der Waals surface area contributed by atoms with Crippen LogP contribution in [0.5, 0.6) is 0 Å². The summed E-state index contributed by atoms with van der Waals surface area (Å²) in [5.74, 6) is -0.489. The average molecular weight is 352 g/mol. The number of benzene rings is 2. The second-order valence-corrected chi connectivity index (χ2v) is 5.03. The molecule has 2 aromatic carbocycles. The fourth-order valence-electron chi connectivity index (χ4n) is 1.53. The molecule has 2 nitrogen and oxygen atoms in total. The highest BCUT2D eigenvalue weighted by molar-refractivity contribution is 14.1. The van der Waals surface area contributed by atoms with E-state index in [1.165, 1.54) is 15.7 Å². The molecular weight excluding hydrogens is 342 g/mol. The Kier molecular flexibility index (Phi) is 4.15. The fourth-order valence-corrected chi connectivity index (χ4v) is 1.89. The van der Waals surface area contributed by atoms with E-state index in [1.807, 2.05) is 30.3 Å². The number of rotatable bonds is 3. The summed E-state index contributed by atoms with van der Waals surface area (Å²) in [6.45, 7) is 0.646. The van der Waals surface area contributed by atoms with Gasteiger partial charge in [-0.05, 0) is 58.5 Å². The maximum atomic E-state index is 13.1. The fraction of sp³-hybridized carbons (Fsp3) is 0.0714. The summed E-state index contributed by atoms with van der Waals surface area (Å²) < 4.78 is 14.3. The van der Waals surface area contributed by atoms with Crippen molar-refractivity contribution in [3.63, 3.8) is 0 Å². The van der Waals surface area contributed by atoms with Gasteiger partial charge in [0, 0.05) is 15.8 Å². The zero-order valence-electron chi connectivity index (χ0n) is 9.45. The standard InChI is InChI=1S/C14H10FIN2/c15-14-6-5-13(7-11(14)8-17)18-9-10-1-3-12(16)4-2-10/h1-7,18H,9H2. The quantitative estimate of drug-likeness (QED) is 0.851. The van der Waals surface area contributed by atoms with Crippen molar-refractivity contribution in [2.45, 2.75) is 6.54 Å². The summed E-state index contributed by atoms with van der Waals surface area (Å²) in [6.07, 6.45) is 0. The predicted molar refractivity (Wildman–Crippen MR) is 77.6 cm³/mol. The third-order valence-corrected chi connectivity index (χ3v) is 3.22. The van der Waals surface area contributed by atoms with Gasteiger partial charge in [0.15, 0.2) is 0 Å². The molecule has 90 valence electrons. The van der Waals surface area contributed by atoms with Crippen molar-refractivity contribution in [1.29, 1.82) is 5.26 Å². The molecular formula is C14H10FIN2. The lowest BCUT2D eigenvalue weighted by molar-refractivity contribution is 0.624. The number of halogens is 2. The van der Waals surface area contributed by atoms with Crippen LogP contribution in [-0.2, 0) is 6.54 Å². The van der Waals surface area contributed by atoms with Crippen LogP contribution in [0.25, 0.3) is 0 Å². The average Bonchev–Trinajstić information content (AvgIpc) is 2.39. The van der Waals surface area contributed by atoms with Crippen LogP contribution in [0.3, 0.4) is 0 Å². The first kappa shape index (κ1) is 12.8. The first-order chi connectivity index (χ1) is 8.69. The van der Waals surface area contributed by atoms with Crippen molar-refractivity contribution in [3.05, 3.63) is 63.0 Å². The molecule has 0 bridgehead atoms. The van der Waals surface area contributed by atoms with E-state index in [2.05, 4.69) is 27.9 Å². The molecule has 0 fully saturated rings. The lowest BCUT2D eigenvalue weighted by atomic mass is 10.2.